The number of amides is 2. The van der Waals surface area contributed by atoms with E-state index in [1.807, 2.05) is 37.3 Å². The Bertz CT molecular complexity index is 1100. The molecule has 0 aliphatic carbocycles. The molecule has 2 aromatic heterocycles. The van der Waals surface area contributed by atoms with E-state index in [0.717, 1.165) is 32.6 Å². The van der Waals surface area contributed by atoms with Crippen LogP contribution < -0.4 is 16.4 Å². The van der Waals surface area contributed by atoms with Crippen molar-refractivity contribution in [2.24, 2.45) is 10.7 Å². The van der Waals surface area contributed by atoms with E-state index >= 15 is 0 Å². The van der Waals surface area contributed by atoms with Crippen molar-refractivity contribution in [1.29, 1.82) is 0 Å². The van der Waals surface area contributed by atoms with Gasteiger partial charge in [-0.1, -0.05) is 30.1 Å². The minimum Gasteiger partial charge on any atom is -0.387 e. The monoisotopic (exact) mass is 406 g/mol. The normalized spacial score (nSPS) is 12.1. The Labute approximate surface area is 173 Å². The molecule has 1 aromatic carbocycles. The number of urea groups is 1. The van der Waals surface area contributed by atoms with Crippen molar-refractivity contribution >= 4 is 44.1 Å². The number of benzene rings is 1. The Kier molecular flexibility index (Phi) is 6.36. The Hall–Kier alpha value is -3.52. The first-order valence-corrected chi connectivity index (χ1v) is 9.87. The second-order valence-electron chi connectivity index (χ2n) is 6.15. The molecule has 0 atom stereocenters. The van der Waals surface area contributed by atoms with E-state index < -0.39 is 0 Å². The number of carbonyl (C=O) groups excluding carboxylic acids is 1. The van der Waals surface area contributed by atoms with Crippen LogP contribution in [0.1, 0.15) is 19.4 Å². The summed E-state index contributed by atoms with van der Waals surface area (Å²) in [5, 5.41) is 6.00. The van der Waals surface area contributed by atoms with Gasteiger partial charge in [0, 0.05) is 24.5 Å². The molecule has 0 saturated carbocycles. The van der Waals surface area contributed by atoms with Gasteiger partial charge in [-0.15, -0.1) is 0 Å². The molecular weight excluding hydrogens is 384 g/mol. The summed E-state index contributed by atoms with van der Waals surface area (Å²) in [5.74, 6) is 0.456. The van der Waals surface area contributed by atoms with Gasteiger partial charge in [0.15, 0.2) is 5.13 Å². The molecule has 0 spiro atoms. The van der Waals surface area contributed by atoms with Gasteiger partial charge in [-0.3, -0.25) is 10.3 Å². The molecule has 0 bridgehead atoms. The molecule has 4 N–H and O–H groups in total. The number of allylic oxidation sites excluding steroid dienone is 2. The van der Waals surface area contributed by atoms with Crippen LogP contribution in [0.2, 0.25) is 0 Å². The molecule has 148 valence electrons. The summed E-state index contributed by atoms with van der Waals surface area (Å²) in [6.07, 6.45) is 5.14. The molecule has 0 radical (unpaired) electrons. The number of hydrogen-bond acceptors (Lipinski definition) is 5. The molecule has 2 heterocycles. The van der Waals surface area contributed by atoms with Crippen LogP contribution in [0.3, 0.4) is 0 Å². The highest BCUT2D eigenvalue weighted by Gasteiger charge is 2.15. The predicted molar refractivity (Wildman–Crippen MR) is 121 cm³/mol. The molecule has 29 heavy (non-hydrogen) atoms. The number of pyridine rings is 1. The van der Waals surface area contributed by atoms with Gasteiger partial charge in [-0.2, -0.15) is 0 Å². The Morgan fingerprint density at radius 3 is 2.86 bits per heavy atom. The number of thiazole rings is 1. The lowest BCUT2D eigenvalue weighted by atomic mass is 10.0. The van der Waals surface area contributed by atoms with Crippen LogP contribution in [0.5, 0.6) is 0 Å². The van der Waals surface area contributed by atoms with Crippen molar-refractivity contribution in [1.82, 2.24) is 15.3 Å². The summed E-state index contributed by atoms with van der Waals surface area (Å²) in [7, 11) is 0. The summed E-state index contributed by atoms with van der Waals surface area (Å²) in [6, 6.07) is 9.42. The number of carbonyl (C=O) groups is 1. The largest absolute Gasteiger partial charge is 0.387 e. The molecule has 3 aromatic rings. The van der Waals surface area contributed by atoms with Crippen LogP contribution in [-0.4, -0.2) is 28.4 Å². The lowest BCUT2D eigenvalue weighted by Gasteiger charge is -2.07. The quantitative estimate of drug-likeness (QED) is 0.320. The smallest absolute Gasteiger partial charge is 0.321 e. The number of nitrogens with zero attached hydrogens (tertiary/aromatic N) is 3. The van der Waals surface area contributed by atoms with E-state index in [2.05, 4.69) is 32.2 Å². The zero-order valence-corrected chi connectivity index (χ0v) is 17.1. The third-order valence-electron chi connectivity index (χ3n) is 3.95. The van der Waals surface area contributed by atoms with Gasteiger partial charge in [0.2, 0.25) is 0 Å². The second-order valence-corrected chi connectivity index (χ2v) is 7.15. The molecule has 0 unspecified atom stereocenters. The molecule has 0 fully saturated rings. The lowest BCUT2D eigenvalue weighted by Crippen LogP contribution is -2.28. The van der Waals surface area contributed by atoms with E-state index in [0.29, 0.717) is 17.5 Å². The van der Waals surface area contributed by atoms with Crippen molar-refractivity contribution in [2.45, 2.75) is 13.8 Å². The zero-order chi connectivity index (χ0) is 20.8. The average Bonchev–Trinajstić information content (AvgIpc) is 3.10. The highest BCUT2D eigenvalue weighted by molar-refractivity contribution is 7.22. The van der Waals surface area contributed by atoms with Crippen LogP contribution in [0.25, 0.3) is 27.0 Å². The van der Waals surface area contributed by atoms with Crippen molar-refractivity contribution in [2.75, 3.05) is 11.9 Å². The number of aromatic nitrogens is 2. The summed E-state index contributed by atoms with van der Waals surface area (Å²) in [6.45, 7) is 8.00. The van der Waals surface area contributed by atoms with Gasteiger partial charge in [-0.25, -0.2) is 14.8 Å². The highest BCUT2D eigenvalue weighted by atomic mass is 32.1. The molecule has 3 rings (SSSR count). The third kappa shape index (κ3) is 4.85. The minimum atomic E-state index is -0.286. The second kappa shape index (κ2) is 9.11. The molecule has 7 nitrogen and oxygen atoms in total. The van der Waals surface area contributed by atoms with Crippen LogP contribution in [0.15, 0.2) is 60.4 Å². The van der Waals surface area contributed by atoms with Crippen LogP contribution in [0, 0.1) is 0 Å². The molecule has 0 aliphatic rings. The summed E-state index contributed by atoms with van der Waals surface area (Å²) in [4.78, 5) is 25.2. The fourth-order valence-corrected chi connectivity index (χ4v) is 3.65. The molecule has 2 amide bonds. The average molecular weight is 407 g/mol. The number of nitrogens with one attached hydrogen (secondary N) is 2. The molecular formula is C21H22N6OS. The Balaban J connectivity index is 2.17. The highest BCUT2D eigenvalue weighted by Crippen LogP contribution is 2.37. The van der Waals surface area contributed by atoms with E-state index in [4.69, 9.17) is 5.73 Å². The first kappa shape index (κ1) is 20.2. The SMILES string of the molecule is C=C/C(=C\N=C(C)N)c1cc(-c2ccccn2)c2sc(NC(=O)NCC)nc2c1. The van der Waals surface area contributed by atoms with E-state index in [9.17, 15) is 4.79 Å². The standard InChI is InChI=1S/C21H22N6OS/c1-4-14(12-25-13(3)22)15-10-16(17-8-6-7-9-24-17)19-18(11-15)26-21(29-19)27-20(28)23-5-2/h4,6-12H,1,5H2,2-3H3,(H2,22,25)(H2,23,26,27,28)/b14-12+. The first-order chi connectivity index (χ1) is 14.0. The van der Waals surface area contributed by atoms with Crippen molar-refractivity contribution < 1.29 is 4.79 Å². The fraction of sp³-hybridized carbons (Fsp3) is 0.143. The molecule has 8 heteroatoms. The van der Waals surface area contributed by atoms with Crippen molar-refractivity contribution in [3.63, 3.8) is 0 Å². The summed E-state index contributed by atoms with van der Waals surface area (Å²) in [5.41, 5.74) is 9.83. The van der Waals surface area contributed by atoms with E-state index in [-0.39, 0.29) is 6.03 Å². The van der Waals surface area contributed by atoms with Crippen LogP contribution >= 0.6 is 11.3 Å². The number of amidine groups is 1. The number of hydrogen-bond donors (Lipinski definition) is 3. The minimum absolute atomic E-state index is 0.286. The number of aliphatic imine (C=N–C) groups is 1. The van der Waals surface area contributed by atoms with Gasteiger partial charge in [-0.05, 0) is 49.2 Å². The van der Waals surface area contributed by atoms with Crippen LogP contribution in [-0.2, 0) is 0 Å². The first-order valence-electron chi connectivity index (χ1n) is 9.05. The van der Waals surface area contributed by atoms with Gasteiger partial charge in [0.1, 0.15) is 0 Å². The molecule has 0 aliphatic heterocycles. The van der Waals surface area contributed by atoms with Gasteiger partial charge >= 0.3 is 6.03 Å². The maximum Gasteiger partial charge on any atom is 0.321 e. The Morgan fingerprint density at radius 2 is 2.21 bits per heavy atom. The van der Waals surface area contributed by atoms with Crippen molar-refractivity contribution in [3.8, 4) is 11.3 Å². The predicted octanol–water partition coefficient (Wildman–Crippen LogP) is 4.40. The maximum atomic E-state index is 11.9. The number of nitrogens with two attached hydrogens (primary N) is 1. The van der Waals surface area contributed by atoms with Gasteiger partial charge < -0.3 is 11.1 Å². The lowest BCUT2D eigenvalue weighted by molar-refractivity contribution is 0.252. The number of rotatable bonds is 6. The number of fused-ring (bicyclic) bond motifs is 1. The van der Waals surface area contributed by atoms with Gasteiger partial charge in [0.05, 0.1) is 21.7 Å². The molecule has 0 saturated heterocycles. The summed E-state index contributed by atoms with van der Waals surface area (Å²) >= 11 is 1.40. The summed E-state index contributed by atoms with van der Waals surface area (Å²) < 4.78 is 0.932. The maximum absolute atomic E-state index is 11.9. The van der Waals surface area contributed by atoms with E-state index in [1.165, 1.54) is 11.3 Å². The van der Waals surface area contributed by atoms with Crippen molar-refractivity contribution in [3.05, 3.63) is 60.9 Å². The topological polar surface area (TPSA) is 105 Å². The third-order valence-corrected chi connectivity index (χ3v) is 4.97. The number of anilines is 1. The van der Waals surface area contributed by atoms with Gasteiger partial charge in [0.25, 0.3) is 0 Å². The Morgan fingerprint density at radius 1 is 1.38 bits per heavy atom. The van der Waals surface area contributed by atoms with E-state index in [1.54, 1.807) is 25.4 Å². The van der Waals surface area contributed by atoms with Crippen LogP contribution in [0.4, 0.5) is 9.93 Å². The fourth-order valence-electron chi connectivity index (χ4n) is 2.68. The zero-order valence-electron chi connectivity index (χ0n) is 16.3.